The van der Waals surface area contributed by atoms with E-state index >= 15 is 0 Å². The molecule has 1 N–H and O–H groups in total. The molecule has 2 aromatic carbocycles. The largest absolute Gasteiger partial charge is 0.497 e. The fourth-order valence-corrected chi connectivity index (χ4v) is 3.82. The number of amides is 1. The van der Waals surface area contributed by atoms with E-state index in [1.54, 1.807) is 37.3 Å². The van der Waals surface area contributed by atoms with Crippen LogP contribution in [0.4, 0.5) is 5.69 Å². The molecule has 1 unspecified atom stereocenters. The topological polar surface area (TPSA) is 93.5 Å². The number of nitrogens with one attached hydrogen (secondary N) is 1. The van der Waals surface area contributed by atoms with E-state index in [4.69, 9.17) is 14.0 Å². The SMILES string of the molecule is COc1ccc(OC)c(N2CC(c3noc(-c4ccc5cc[nH]c5c4)n3)CC2=O)c1. The number of carbonyl (C=O) groups is 1. The number of benzene rings is 2. The lowest BCUT2D eigenvalue weighted by atomic mass is 10.1. The molecule has 0 saturated carbocycles. The number of rotatable bonds is 5. The number of methoxy groups -OCH3 is 2. The first kappa shape index (κ1) is 18.2. The van der Waals surface area contributed by atoms with Crippen molar-refractivity contribution >= 4 is 22.5 Å². The van der Waals surface area contributed by atoms with E-state index in [0.29, 0.717) is 41.9 Å². The summed E-state index contributed by atoms with van der Waals surface area (Å²) in [5, 5.41) is 5.26. The van der Waals surface area contributed by atoms with Gasteiger partial charge in [-0.3, -0.25) is 4.79 Å². The Balaban J connectivity index is 1.41. The predicted molar refractivity (Wildman–Crippen MR) is 111 cm³/mol. The van der Waals surface area contributed by atoms with Gasteiger partial charge in [-0.1, -0.05) is 11.2 Å². The van der Waals surface area contributed by atoms with Crippen molar-refractivity contribution in [3.8, 4) is 23.0 Å². The molecule has 1 fully saturated rings. The number of aromatic nitrogens is 3. The van der Waals surface area contributed by atoms with Gasteiger partial charge in [-0.2, -0.15) is 4.98 Å². The second-order valence-corrected chi connectivity index (χ2v) is 7.18. The molecule has 0 bridgehead atoms. The highest BCUT2D eigenvalue weighted by atomic mass is 16.5. The summed E-state index contributed by atoms with van der Waals surface area (Å²) in [5.74, 6) is 2.04. The first-order valence-corrected chi connectivity index (χ1v) is 9.60. The highest BCUT2D eigenvalue weighted by Gasteiger charge is 2.36. The van der Waals surface area contributed by atoms with Crippen LogP contribution in [0.25, 0.3) is 22.4 Å². The van der Waals surface area contributed by atoms with Crippen LogP contribution in [-0.2, 0) is 4.79 Å². The van der Waals surface area contributed by atoms with Crippen LogP contribution < -0.4 is 14.4 Å². The minimum Gasteiger partial charge on any atom is -0.497 e. The Hall–Kier alpha value is -3.81. The average molecular weight is 404 g/mol. The van der Waals surface area contributed by atoms with Crippen molar-refractivity contribution < 1.29 is 18.8 Å². The Labute approximate surface area is 172 Å². The van der Waals surface area contributed by atoms with E-state index < -0.39 is 0 Å². The Morgan fingerprint density at radius 1 is 1.13 bits per heavy atom. The van der Waals surface area contributed by atoms with E-state index in [2.05, 4.69) is 15.1 Å². The summed E-state index contributed by atoms with van der Waals surface area (Å²) in [5.41, 5.74) is 2.50. The van der Waals surface area contributed by atoms with Gasteiger partial charge in [-0.15, -0.1) is 0 Å². The van der Waals surface area contributed by atoms with Crippen molar-refractivity contribution in [1.29, 1.82) is 0 Å². The molecule has 30 heavy (non-hydrogen) atoms. The minimum atomic E-state index is -0.167. The summed E-state index contributed by atoms with van der Waals surface area (Å²) >= 11 is 0. The van der Waals surface area contributed by atoms with Crippen LogP contribution in [0.15, 0.2) is 53.2 Å². The molecule has 1 aliphatic rings. The van der Waals surface area contributed by atoms with E-state index in [-0.39, 0.29) is 11.8 Å². The monoisotopic (exact) mass is 404 g/mol. The number of carbonyl (C=O) groups excluding carboxylic acids is 1. The standard InChI is InChI=1S/C22H20N4O4/c1-28-16-5-6-19(29-2)18(11-16)26-12-15(10-20(26)27)21-24-22(30-25-21)14-4-3-13-7-8-23-17(13)9-14/h3-9,11,15,23H,10,12H2,1-2H3. The van der Waals surface area contributed by atoms with Gasteiger partial charge in [0.25, 0.3) is 5.89 Å². The molecule has 4 aromatic rings. The van der Waals surface area contributed by atoms with Gasteiger partial charge in [0.2, 0.25) is 5.91 Å². The molecule has 0 spiro atoms. The highest BCUT2D eigenvalue weighted by molar-refractivity contribution is 5.98. The van der Waals surface area contributed by atoms with Gasteiger partial charge in [0, 0.05) is 42.2 Å². The molecule has 8 nitrogen and oxygen atoms in total. The number of hydrogen-bond donors (Lipinski definition) is 1. The first-order chi connectivity index (χ1) is 14.7. The predicted octanol–water partition coefficient (Wildman–Crippen LogP) is 3.76. The smallest absolute Gasteiger partial charge is 0.258 e. The molecule has 1 aliphatic heterocycles. The van der Waals surface area contributed by atoms with Crippen LogP contribution in [0.1, 0.15) is 18.2 Å². The van der Waals surface area contributed by atoms with Gasteiger partial charge in [-0.05, 0) is 35.7 Å². The average Bonchev–Trinajstić information content (AvgIpc) is 3.51. The molecule has 5 rings (SSSR count). The van der Waals surface area contributed by atoms with Crippen LogP contribution in [0.5, 0.6) is 11.5 Å². The molecule has 1 saturated heterocycles. The van der Waals surface area contributed by atoms with Gasteiger partial charge >= 0.3 is 0 Å². The molecule has 3 heterocycles. The highest BCUT2D eigenvalue weighted by Crippen LogP contribution is 2.38. The molecule has 1 amide bonds. The number of ether oxygens (including phenoxy) is 2. The van der Waals surface area contributed by atoms with Crippen molar-refractivity contribution in [2.75, 3.05) is 25.7 Å². The molecule has 2 aromatic heterocycles. The molecular weight excluding hydrogens is 384 g/mol. The van der Waals surface area contributed by atoms with E-state index in [0.717, 1.165) is 16.5 Å². The van der Waals surface area contributed by atoms with E-state index in [1.807, 2.05) is 30.5 Å². The summed E-state index contributed by atoms with van der Waals surface area (Å²) in [7, 11) is 3.17. The zero-order chi connectivity index (χ0) is 20.7. The van der Waals surface area contributed by atoms with Crippen molar-refractivity contribution in [2.24, 2.45) is 0 Å². The van der Waals surface area contributed by atoms with Crippen molar-refractivity contribution in [3.05, 3.63) is 54.5 Å². The Morgan fingerprint density at radius 3 is 2.87 bits per heavy atom. The maximum Gasteiger partial charge on any atom is 0.258 e. The molecular formula is C22H20N4O4. The fourth-order valence-electron chi connectivity index (χ4n) is 3.82. The number of H-pyrrole nitrogens is 1. The summed E-state index contributed by atoms with van der Waals surface area (Å²) < 4.78 is 16.2. The number of hydrogen-bond acceptors (Lipinski definition) is 6. The van der Waals surface area contributed by atoms with Crippen LogP contribution >= 0.6 is 0 Å². The van der Waals surface area contributed by atoms with E-state index in [9.17, 15) is 4.79 Å². The third-order valence-electron chi connectivity index (χ3n) is 5.41. The maximum absolute atomic E-state index is 12.8. The normalized spacial score (nSPS) is 16.4. The Bertz CT molecular complexity index is 1230. The van der Waals surface area contributed by atoms with Gasteiger partial charge in [0.15, 0.2) is 5.82 Å². The first-order valence-electron chi connectivity index (χ1n) is 9.60. The zero-order valence-electron chi connectivity index (χ0n) is 16.6. The van der Waals surface area contributed by atoms with Crippen molar-refractivity contribution in [3.63, 3.8) is 0 Å². The third-order valence-corrected chi connectivity index (χ3v) is 5.41. The molecule has 0 radical (unpaired) electrons. The number of aromatic amines is 1. The van der Waals surface area contributed by atoms with Crippen LogP contribution in [-0.4, -0.2) is 41.8 Å². The van der Waals surface area contributed by atoms with Gasteiger partial charge in [0.05, 0.1) is 19.9 Å². The minimum absolute atomic E-state index is 0.0225. The van der Waals surface area contributed by atoms with Crippen LogP contribution in [0, 0.1) is 0 Å². The molecule has 8 heteroatoms. The summed E-state index contributed by atoms with van der Waals surface area (Å²) in [6.45, 7) is 0.441. The number of fused-ring (bicyclic) bond motifs is 1. The molecule has 0 aliphatic carbocycles. The second kappa shape index (κ2) is 7.22. The fraction of sp³-hybridized carbons (Fsp3) is 0.227. The summed E-state index contributed by atoms with van der Waals surface area (Å²) in [6, 6.07) is 13.3. The Kier molecular flexibility index (Phi) is 4.39. The maximum atomic E-state index is 12.8. The van der Waals surface area contributed by atoms with Gasteiger partial charge < -0.3 is 23.9 Å². The third kappa shape index (κ3) is 3.06. The van der Waals surface area contributed by atoms with Crippen LogP contribution in [0.2, 0.25) is 0 Å². The van der Waals surface area contributed by atoms with E-state index in [1.165, 1.54) is 0 Å². The lowest BCUT2D eigenvalue weighted by Crippen LogP contribution is -2.25. The zero-order valence-corrected chi connectivity index (χ0v) is 16.6. The van der Waals surface area contributed by atoms with Gasteiger partial charge in [0.1, 0.15) is 11.5 Å². The van der Waals surface area contributed by atoms with Crippen LogP contribution in [0.3, 0.4) is 0 Å². The second-order valence-electron chi connectivity index (χ2n) is 7.18. The number of anilines is 1. The lowest BCUT2D eigenvalue weighted by Gasteiger charge is -2.20. The van der Waals surface area contributed by atoms with Crippen molar-refractivity contribution in [1.82, 2.24) is 15.1 Å². The summed E-state index contributed by atoms with van der Waals surface area (Å²) in [4.78, 5) is 22.2. The molecule has 152 valence electrons. The van der Waals surface area contributed by atoms with Crippen molar-refractivity contribution in [2.45, 2.75) is 12.3 Å². The summed E-state index contributed by atoms with van der Waals surface area (Å²) in [6.07, 6.45) is 2.19. The molecule has 1 atom stereocenters. The quantitative estimate of drug-likeness (QED) is 0.544. The number of nitrogens with zero attached hydrogens (tertiary/aromatic N) is 3. The Morgan fingerprint density at radius 2 is 2.03 bits per heavy atom. The lowest BCUT2D eigenvalue weighted by molar-refractivity contribution is -0.117. The van der Waals surface area contributed by atoms with Gasteiger partial charge in [-0.25, -0.2) is 0 Å².